The molecule has 0 spiro atoms. The highest BCUT2D eigenvalue weighted by atomic mass is 79.9. The topological polar surface area (TPSA) is 29.5 Å². The van der Waals surface area contributed by atoms with Crippen LogP contribution in [-0.4, -0.2) is 17.8 Å². The molecular weight excluding hydrogens is 324 g/mol. The predicted octanol–water partition coefficient (Wildman–Crippen LogP) is 3.59. The highest BCUT2D eigenvalue weighted by Crippen LogP contribution is 2.33. The Kier molecular flexibility index (Phi) is 3.91. The molecule has 0 saturated carbocycles. The van der Waals surface area contributed by atoms with Crippen LogP contribution in [-0.2, 0) is 19.3 Å². The summed E-state index contributed by atoms with van der Waals surface area (Å²) >= 11 is 5.20. The minimum absolute atomic E-state index is 0.364. The standard InChI is InChI=1S/C15H15BrO2S/c16-13-6-11-1-3-18-15(11)12(7-13)8-14(17)5-10-2-4-19-9-10/h2,4,6-7,9,14,17H,1,3,5,8H2. The summed E-state index contributed by atoms with van der Waals surface area (Å²) in [6.45, 7) is 0.749. The summed E-state index contributed by atoms with van der Waals surface area (Å²) in [4.78, 5) is 0. The van der Waals surface area contributed by atoms with Crippen molar-refractivity contribution in [3.63, 3.8) is 0 Å². The van der Waals surface area contributed by atoms with Crippen molar-refractivity contribution in [2.75, 3.05) is 6.61 Å². The molecule has 1 aromatic carbocycles. The Labute approximate surface area is 125 Å². The van der Waals surface area contributed by atoms with Gasteiger partial charge >= 0.3 is 0 Å². The molecule has 0 amide bonds. The van der Waals surface area contributed by atoms with E-state index in [2.05, 4.69) is 39.5 Å². The van der Waals surface area contributed by atoms with Gasteiger partial charge in [-0.25, -0.2) is 0 Å². The molecule has 1 unspecified atom stereocenters. The summed E-state index contributed by atoms with van der Waals surface area (Å²) in [5.74, 6) is 0.979. The van der Waals surface area contributed by atoms with Crippen molar-refractivity contribution in [1.29, 1.82) is 0 Å². The first-order chi connectivity index (χ1) is 9.22. The molecule has 0 fully saturated rings. The van der Waals surface area contributed by atoms with Gasteiger partial charge in [-0.2, -0.15) is 11.3 Å². The quantitative estimate of drug-likeness (QED) is 0.922. The van der Waals surface area contributed by atoms with Crippen molar-refractivity contribution in [3.8, 4) is 5.75 Å². The first kappa shape index (κ1) is 13.2. The highest BCUT2D eigenvalue weighted by molar-refractivity contribution is 9.10. The fourth-order valence-corrected chi connectivity index (χ4v) is 3.74. The second-order valence-electron chi connectivity index (χ2n) is 4.85. The van der Waals surface area contributed by atoms with Crippen molar-refractivity contribution in [3.05, 3.63) is 50.1 Å². The Hall–Kier alpha value is -0.840. The van der Waals surface area contributed by atoms with Crippen LogP contribution in [0.15, 0.2) is 33.4 Å². The van der Waals surface area contributed by atoms with Crippen LogP contribution in [0.2, 0.25) is 0 Å². The third-order valence-corrected chi connectivity index (χ3v) is 4.52. The molecule has 3 rings (SSSR count). The van der Waals surface area contributed by atoms with Crippen LogP contribution in [0, 0.1) is 0 Å². The van der Waals surface area contributed by atoms with E-state index >= 15 is 0 Å². The normalized spacial score (nSPS) is 15.1. The lowest BCUT2D eigenvalue weighted by atomic mass is 10.00. The molecule has 2 heterocycles. The third kappa shape index (κ3) is 3.02. The lowest BCUT2D eigenvalue weighted by molar-refractivity contribution is 0.174. The van der Waals surface area contributed by atoms with Crippen LogP contribution in [0.4, 0.5) is 0 Å². The van der Waals surface area contributed by atoms with Crippen LogP contribution in [0.25, 0.3) is 0 Å². The van der Waals surface area contributed by atoms with E-state index in [9.17, 15) is 5.11 Å². The van der Waals surface area contributed by atoms with Crippen molar-refractivity contribution >= 4 is 27.3 Å². The van der Waals surface area contributed by atoms with E-state index in [-0.39, 0.29) is 6.10 Å². The van der Waals surface area contributed by atoms with E-state index < -0.39 is 0 Å². The number of aliphatic hydroxyl groups excluding tert-OH is 1. The minimum atomic E-state index is -0.364. The minimum Gasteiger partial charge on any atom is -0.493 e. The van der Waals surface area contributed by atoms with Crippen molar-refractivity contribution in [1.82, 2.24) is 0 Å². The molecule has 2 nitrogen and oxygen atoms in total. The molecular formula is C15H15BrO2S. The number of thiophene rings is 1. The number of hydrogen-bond donors (Lipinski definition) is 1. The van der Waals surface area contributed by atoms with Gasteiger partial charge in [-0.05, 0) is 52.1 Å². The van der Waals surface area contributed by atoms with Crippen LogP contribution < -0.4 is 4.74 Å². The monoisotopic (exact) mass is 338 g/mol. The van der Waals surface area contributed by atoms with E-state index in [4.69, 9.17) is 4.74 Å². The van der Waals surface area contributed by atoms with Crippen molar-refractivity contribution < 1.29 is 9.84 Å². The number of fused-ring (bicyclic) bond motifs is 1. The number of ether oxygens (including phenoxy) is 1. The maximum atomic E-state index is 10.2. The van der Waals surface area contributed by atoms with Crippen molar-refractivity contribution in [2.45, 2.75) is 25.4 Å². The number of benzene rings is 1. The van der Waals surface area contributed by atoms with Gasteiger partial charge in [-0.1, -0.05) is 15.9 Å². The number of hydrogen-bond acceptors (Lipinski definition) is 3. The summed E-state index contributed by atoms with van der Waals surface area (Å²) in [7, 11) is 0. The first-order valence-corrected chi connectivity index (χ1v) is 8.09. The van der Waals surface area contributed by atoms with E-state index in [0.29, 0.717) is 12.8 Å². The SMILES string of the molecule is OC(Cc1ccsc1)Cc1cc(Br)cc2c1OCC2. The number of rotatable bonds is 4. The maximum absolute atomic E-state index is 10.2. The lowest BCUT2D eigenvalue weighted by Gasteiger charge is -2.13. The second-order valence-corrected chi connectivity index (χ2v) is 6.54. The van der Waals surface area contributed by atoms with Gasteiger partial charge in [0.1, 0.15) is 5.75 Å². The molecule has 1 aliphatic heterocycles. The molecule has 0 bridgehead atoms. The van der Waals surface area contributed by atoms with Gasteiger partial charge in [0.15, 0.2) is 0 Å². The Morgan fingerprint density at radius 2 is 2.26 bits per heavy atom. The molecule has 2 aromatic rings. The highest BCUT2D eigenvalue weighted by Gasteiger charge is 2.19. The fourth-order valence-electron chi connectivity index (χ4n) is 2.50. The zero-order chi connectivity index (χ0) is 13.2. The molecule has 0 saturated heterocycles. The van der Waals surface area contributed by atoms with Gasteiger partial charge in [0, 0.05) is 17.3 Å². The summed E-state index contributed by atoms with van der Waals surface area (Å²) in [5.41, 5.74) is 3.54. The average Bonchev–Trinajstić information content (AvgIpc) is 2.99. The van der Waals surface area contributed by atoms with Gasteiger partial charge in [0.2, 0.25) is 0 Å². The average molecular weight is 339 g/mol. The molecule has 1 aromatic heterocycles. The first-order valence-electron chi connectivity index (χ1n) is 6.35. The largest absolute Gasteiger partial charge is 0.493 e. The van der Waals surface area contributed by atoms with Gasteiger partial charge < -0.3 is 9.84 Å². The summed E-state index contributed by atoms with van der Waals surface area (Å²) < 4.78 is 6.76. The Morgan fingerprint density at radius 3 is 3.05 bits per heavy atom. The van der Waals surface area contributed by atoms with Gasteiger partial charge in [0.25, 0.3) is 0 Å². The predicted molar refractivity (Wildman–Crippen MR) is 81.1 cm³/mol. The molecule has 4 heteroatoms. The van der Waals surface area contributed by atoms with Gasteiger partial charge in [-0.15, -0.1) is 0 Å². The number of aliphatic hydroxyl groups is 1. The molecule has 1 atom stereocenters. The molecule has 100 valence electrons. The summed E-state index contributed by atoms with van der Waals surface area (Å²) in [5, 5.41) is 14.4. The zero-order valence-electron chi connectivity index (χ0n) is 10.4. The van der Waals surface area contributed by atoms with Crippen LogP contribution in [0.3, 0.4) is 0 Å². The summed E-state index contributed by atoms with van der Waals surface area (Å²) in [6, 6.07) is 6.23. The van der Waals surface area contributed by atoms with E-state index in [0.717, 1.165) is 28.8 Å². The van der Waals surface area contributed by atoms with Gasteiger partial charge in [0.05, 0.1) is 12.7 Å². The van der Waals surface area contributed by atoms with E-state index in [1.165, 1.54) is 11.1 Å². The second kappa shape index (κ2) is 5.65. The molecule has 0 aliphatic carbocycles. The lowest BCUT2D eigenvalue weighted by Crippen LogP contribution is -2.14. The van der Waals surface area contributed by atoms with E-state index in [1.807, 2.05) is 5.38 Å². The van der Waals surface area contributed by atoms with Crippen LogP contribution in [0.5, 0.6) is 5.75 Å². The van der Waals surface area contributed by atoms with Crippen molar-refractivity contribution in [2.24, 2.45) is 0 Å². The Morgan fingerprint density at radius 1 is 1.37 bits per heavy atom. The molecule has 0 radical (unpaired) electrons. The van der Waals surface area contributed by atoms with Crippen LogP contribution >= 0.6 is 27.3 Å². The maximum Gasteiger partial charge on any atom is 0.125 e. The summed E-state index contributed by atoms with van der Waals surface area (Å²) in [6.07, 6.45) is 1.93. The van der Waals surface area contributed by atoms with Gasteiger partial charge in [-0.3, -0.25) is 0 Å². The molecule has 19 heavy (non-hydrogen) atoms. The Bertz CT molecular complexity index is 566. The Balaban J connectivity index is 1.76. The third-order valence-electron chi connectivity index (χ3n) is 3.33. The smallest absolute Gasteiger partial charge is 0.125 e. The zero-order valence-corrected chi connectivity index (χ0v) is 12.8. The fraction of sp³-hybridized carbons (Fsp3) is 0.333. The molecule has 1 aliphatic rings. The van der Waals surface area contributed by atoms with E-state index in [1.54, 1.807) is 11.3 Å². The van der Waals surface area contributed by atoms with Crippen LogP contribution in [0.1, 0.15) is 16.7 Å². The number of halogens is 1. The molecule has 1 N–H and O–H groups in total.